The van der Waals surface area contributed by atoms with Gasteiger partial charge in [-0.05, 0) is 30.9 Å². The molecule has 0 aliphatic heterocycles. The van der Waals surface area contributed by atoms with Crippen LogP contribution in [0.4, 0.5) is 0 Å². The van der Waals surface area contributed by atoms with Crippen molar-refractivity contribution in [1.82, 2.24) is 9.88 Å². The standard InChI is InChI=1S/C13H19N3O/c1-16-9-11(6-12(16)7-14)8-15-10-13(17-2)4-3-5-13/h6,9,15H,3-5,8,10H2,1-2H3. The Morgan fingerprint density at radius 2 is 2.35 bits per heavy atom. The summed E-state index contributed by atoms with van der Waals surface area (Å²) >= 11 is 0. The summed E-state index contributed by atoms with van der Waals surface area (Å²) in [5, 5.41) is 12.3. The lowest BCUT2D eigenvalue weighted by Crippen LogP contribution is -2.47. The molecule has 0 radical (unpaired) electrons. The van der Waals surface area contributed by atoms with Gasteiger partial charge in [0.2, 0.25) is 0 Å². The van der Waals surface area contributed by atoms with Gasteiger partial charge >= 0.3 is 0 Å². The Balaban J connectivity index is 1.84. The first-order valence-electron chi connectivity index (χ1n) is 6.00. The maximum Gasteiger partial charge on any atom is 0.120 e. The topological polar surface area (TPSA) is 50.0 Å². The fourth-order valence-electron chi connectivity index (χ4n) is 2.30. The number of methoxy groups -OCH3 is 1. The molecular formula is C13H19N3O. The zero-order chi connectivity index (χ0) is 12.3. The molecule has 0 saturated heterocycles. The molecule has 4 heteroatoms. The van der Waals surface area contributed by atoms with Crippen LogP contribution in [-0.2, 0) is 18.3 Å². The van der Waals surface area contributed by atoms with Gasteiger partial charge in [-0.1, -0.05) is 0 Å². The Morgan fingerprint density at radius 3 is 2.82 bits per heavy atom. The van der Waals surface area contributed by atoms with E-state index in [4.69, 9.17) is 10.00 Å². The number of rotatable bonds is 5. The molecule has 92 valence electrons. The van der Waals surface area contributed by atoms with Crippen LogP contribution >= 0.6 is 0 Å². The van der Waals surface area contributed by atoms with Crippen LogP contribution in [0.15, 0.2) is 12.3 Å². The highest BCUT2D eigenvalue weighted by atomic mass is 16.5. The summed E-state index contributed by atoms with van der Waals surface area (Å²) in [4.78, 5) is 0. The predicted molar refractivity (Wildman–Crippen MR) is 65.4 cm³/mol. The van der Waals surface area contributed by atoms with E-state index >= 15 is 0 Å². The number of aryl methyl sites for hydroxylation is 1. The van der Waals surface area contributed by atoms with Crippen molar-refractivity contribution in [3.63, 3.8) is 0 Å². The molecule has 0 aromatic carbocycles. The van der Waals surface area contributed by atoms with Gasteiger partial charge in [-0.15, -0.1) is 0 Å². The third-order valence-corrected chi connectivity index (χ3v) is 3.65. The predicted octanol–water partition coefficient (Wildman–Crippen LogP) is 1.56. The van der Waals surface area contributed by atoms with E-state index in [1.165, 1.54) is 6.42 Å². The molecule has 17 heavy (non-hydrogen) atoms. The fourth-order valence-corrected chi connectivity index (χ4v) is 2.30. The van der Waals surface area contributed by atoms with Crippen molar-refractivity contribution in [3.8, 4) is 6.07 Å². The minimum absolute atomic E-state index is 0.0623. The molecule has 0 bridgehead atoms. The third kappa shape index (κ3) is 2.51. The molecule has 1 saturated carbocycles. The lowest BCUT2D eigenvalue weighted by molar-refractivity contribution is -0.0695. The second kappa shape index (κ2) is 4.91. The van der Waals surface area contributed by atoms with E-state index in [2.05, 4.69) is 11.4 Å². The highest BCUT2D eigenvalue weighted by molar-refractivity contribution is 5.28. The molecule has 1 aliphatic carbocycles. The number of ether oxygens (including phenoxy) is 1. The third-order valence-electron chi connectivity index (χ3n) is 3.65. The minimum Gasteiger partial charge on any atom is -0.377 e. The lowest BCUT2D eigenvalue weighted by atomic mass is 9.80. The van der Waals surface area contributed by atoms with Gasteiger partial charge in [0, 0.05) is 33.4 Å². The van der Waals surface area contributed by atoms with Gasteiger partial charge in [0.1, 0.15) is 11.8 Å². The van der Waals surface area contributed by atoms with Gasteiger partial charge < -0.3 is 14.6 Å². The highest BCUT2D eigenvalue weighted by Gasteiger charge is 2.36. The Labute approximate surface area is 102 Å². The Bertz CT molecular complexity index is 421. The maximum absolute atomic E-state index is 8.86. The average molecular weight is 233 g/mol. The van der Waals surface area contributed by atoms with Crippen LogP contribution in [0, 0.1) is 11.3 Å². The number of aromatic nitrogens is 1. The van der Waals surface area contributed by atoms with Gasteiger partial charge in [0.15, 0.2) is 0 Å². The molecule has 0 spiro atoms. The van der Waals surface area contributed by atoms with E-state index in [0.29, 0.717) is 5.69 Å². The quantitative estimate of drug-likeness (QED) is 0.839. The van der Waals surface area contributed by atoms with Gasteiger partial charge in [-0.25, -0.2) is 0 Å². The van der Waals surface area contributed by atoms with Crippen LogP contribution in [0.3, 0.4) is 0 Å². The van der Waals surface area contributed by atoms with Gasteiger partial charge in [0.25, 0.3) is 0 Å². The van der Waals surface area contributed by atoms with Crippen LogP contribution in [-0.4, -0.2) is 23.8 Å². The lowest BCUT2D eigenvalue weighted by Gasteiger charge is -2.40. The van der Waals surface area contributed by atoms with E-state index in [-0.39, 0.29) is 5.60 Å². The smallest absolute Gasteiger partial charge is 0.120 e. The minimum atomic E-state index is 0.0623. The highest BCUT2D eigenvalue weighted by Crippen LogP contribution is 2.34. The molecule has 1 N–H and O–H groups in total. The summed E-state index contributed by atoms with van der Waals surface area (Å²) in [6, 6.07) is 4.09. The van der Waals surface area contributed by atoms with Crippen molar-refractivity contribution in [3.05, 3.63) is 23.5 Å². The van der Waals surface area contributed by atoms with Crippen LogP contribution in [0.5, 0.6) is 0 Å². The first kappa shape index (κ1) is 12.2. The Kier molecular flexibility index (Phi) is 3.51. The van der Waals surface area contributed by atoms with E-state index in [1.54, 1.807) is 7.11 Å². The Hall–Kier alpha value is -1.31. The molecule has 4 nitrogen and oxygen atoms in total. The van der Waals surface area contributed by atoms with Crippen molar-refractivity contribution in [2.24, 2.45) is 7.05 Å². The fraction of sp³-hybridized carbons (Fsp3) is 0.615. The number of hydrogen-bond acceptors (Lipinski definition) is 3. The molecule has 1 aliphatic rings. The van der Waals surface area contributed by atoms with Crippen LogP contribution in [0.25, 0.3) is 0 Å². The second-order valence-corrected chi connectivity index (χ2v) is 4.80. The molecule has 1 aromatic rings. The number of nitrogens with zero attached hydrogens (tertiary/aromatic N) is 2. The van der Waals surface area contributed by atoms with Crippen molar-refractivity contribution in [1.29, 1.82) is 5.26 Å². The molecule has 0 unspecified atom stereocenters. The van der Waals surface area contributed by atoms with Crippen LogP contribution in [0.1, 0.15) is 30.5 Å². The normalized spacial score (nSPS) is 17.5. The zero-order valence-electron chi connectivity index (χ0n) is 10.5. The van der Waals surface area contributed by atoms with Gasteiger partial charge in [-0.3, -0.25) is 0 Å². The first-order valence-corrected chi connectivity index (χ1v) is 6.00. The summed E-state index contributed by atoms with van der Waals surface area (Å²) in [5.41, 5.74) is 1.91. The molecule has 1 fully saturated rings. The molecule has 1 heterocycles. The summed E-state index contributed by atoms with van der Waals surface area (Å²) in [7, 11) is 3.68. The molecule has 2 rings (SSSR count). The molecule has 0 amide bonds. The van der Waals surface area contributed by atoms with Crippen LogP contribution in [0.2, 0.25) is 0 Å². The number of hydrogen-bond donors (Lipinski definition) is 1. The summed E-state index contributed by atoms with van der Waals surface area (Å²) in [5.74, 6) is 0. The number of nitrogens with one attached hydrogen (secondary N) is 1. The van der Waals surface area contributed by atoms with E-state index in [9.17, 15) is 0 Å². The Morgan fingerprint density at radius 1 is 1.59 bits per heavy atom. The van der Waals surface area contributed by atoms with Crippen molar-refractivity contribution in [2.75, 3.05) is 13.7 Å². The first-order chi connectivity index (χ1) is 8.19. The van der Waals surface area contributed by atoms with E-state index in [0.717, 1.165) is 31.5 Å². The molecule has 0 atom stereocenters. The van der Waals surface area contributed by atoms with Crippen molar-refractivity contribution in [2.45, 2.75) is 31.4 Å². The number of nitriles is 1. The van der Waals surface area contributed by atoms with E-state index in [1.807, 2.05) is 23.9 Å². The SMILES string of the molecule is COC1(CNCc2cc(C#N)n(C)c2)CCC1. The van der Waals surface area contributed by atoms with Crippen LogP contribution < -0.4 is 5.32 Å². The van der Waals surface area contributed by atoms with Gasteiger partial charge in [-0.2, -0.15) is 5.26 Å². The summed E-state index contributed by atoms with van der Waals surface area (Å²) in [6.07, 6.45) is 5.55. The van der Waals surface area contributed by atoms with Crippen molar-refractivity contribution < 1.29 is 4.74 Å². The summed E-state index contributed by atoms with van der Waals surface area (Å²) in [6.45, 7) is 1.68. The molecule has 1 aromatic heterocycles. The van der Waals surface area contributed by atoms with E-state index < -0.39 is 0 Å². The zero-order valence-corrected chi connectivity index (χ0v) is 10.5. The molecular weight excluding hydrogens is 214 g/mol. The van der Waals surface area contributed by atoms with Crippen molar-refractivity contribution >= 4 is 0 Å². The second-order valence-electron chi connectivity index (χ2n) is 4.80. The summed E-state index contributed by atoms with van der Waals surface area (Å²) < 4.78 is 7.40. The average Bonchev–Trinajstić information content (AvgIpc) is 2.63. The monoisotopic (exact) mass is 233 g/mol. The largest absolute Gasteiger partial charge is 0.377 e. The van der Waals surface area contributed by atoms with Gasteiger partial charge in [0.05, 0.1) is 5.60 Å². The maximum atomic E-state index is 8.86.